The van der Waals surface area contributed by atoms with Gasteiger partial charge in [-0.1, -0.05) is 122 Å². The zero-order valence-corrected chi connectivity index (χ0v) is 62.5. The van der Waals surface area contributed by atoms with E-state index in [0.717, 1.165) is 66.1 Å². The number of thiophene rings is 2. The number of methoxy groups -OCH3 is 3. The molecule has 550 valence electrons. The Morgan fingerprint density at radius 2 is 1.09 bits per heavy atom. The molecule has 5 amide bonds. The number of fused-ring (bicyclic) bond motifs is 10. The molecule has 0 radical (unpaired) electrons. The van der Waals surface area contributed by atoms with Gasteiger partial charge < -0.3 is 58.2 Å². The molecule has 0 spiro atoms. The van der Waals surface area contributed by atoms with Crippen LogP contribution >= 0.6 is 45.9 Å². The third-order valence-corrected chi connectivity index (χ3v) is 22.9. The van der Waals surface area contributed by atoms with E-state index in [0.29, 0.717) is 90.7 Å². The SMILES string of the molecule is C=CCOC(=O)N1c2cc(OCc3cccc(CC(=O)N4C[C@@H](CCl)c5c4cc(O)c4ccccc54)c3)c(OC)cc2C(=O)N2CC=C(c3ccsc3)C[C@H]2C1OC.COc1cc2c(cc1OCc1cccc(CC(=O)N3C[C@@H](CCl)c4c3cc(O)c3ccccc43)c1)N=C[C@@H]1CC(c3ccsc3)=CCN1C2=O. The summed E-state index contributed by atoms with van der Waals surface area (Å²) in [7, 11) is 4.56. The number of hydrogen-bond acceptors (Lipinski definition) is 16. The van der Waals surface area contributed by atoms with Crippen molar-refractivity contribution in [3.63, 3.8) is 0 Å². The van der Waals surface area contributed by atoms with Gasteiger partial charge in [-0.3, -0.25) is 24.2 Å². The molecule has 16 rings (SSSR count). The highest BCUT2D eigenvalue weighted by molar-refractivity contribution is 7.08. The van der Waals surface area contributed by atoms with Gasteiger partial charge >= 0.3 is 6.09 Å². The number of benzene rings is 8. The Hall–Kier alpha value is -10.9. The highest BCUT2D eigenvalue weighted by Crippen LogP contribution is 2.49. The van der Waals surface area contributed by atoms with Crippen LogP contribution in [0.4, 0.5) is 27.5 Å². The van der Waals surface area contributed by atoms with Gasteiger partial charge in [0, 0.05) is 98.1 Å². The molecule has 0 fully saturated rings. The Morgan fingerprint density at radius 1 is 0.583 bits per heavy atom. The van der Waals surface area contributed by atoms with Gasteiger partial charge in [0.1, 0.15) is 31.3 Å². The maximum Gasteiger partial charge on any atom is 0.416 e. The number of amides is 5. The first kappa shape index (κ1) is 72.6. The third-order valence-electron chi connectivity index (χ3n) is 20.8. The largest absolute Gasteiger partial charge is 0.507 e. The van der Waals surface area contributed by atoms with E-state index in [1.165, 1.54) is 36.3 Å². The second-order valence-electron chi connectivity index (χ2n) is 27.2. The summed E-state index contributed by atoms with van der Waals surface area (Å²) < 4.78 is 35.7. The second-order valence-corrected chi connectivity index (χ2v) is 29.3. The fraction of sp³-hybridized carbons (Fsp3) is 0.247. The Labute approximate surface area is 642 Å². The maximum absolute atomic E-state index is 14.4. The van der Waals surface area contributed by atoms with Gasteiger partial charge in [-0.25, -0.2) is 9.69 Å². The second kappa shape index (κ2) is 31.5. The number of ether oxygens (including phenoxy) is 6. The van der Waals surface area contributed by atoms with E-state index in [4.69, 9.17) is 56.6 Å². The van der Waals surface area contributed by atoms with Crippen molar-refractivity contribution >= 4 is 137 Å². The molecule has 0 saturated heterocycles. The summed E-state index contributed by atoms with van der Waals surface area (Å²) in [6.45, 7) is 5.66. The number of carbonyl (C=O) groups is 5. The predicted octanol–water partition coefficient (Wildman–Crippen LogP) is 16.6. The lowest BCUT2D eigenvalue weighted by Gasteiger charge is -2.40. The van der Waals surface area contributed by atoms with Gasteiger partial charge in [-0.2, -0.15) is 22.7 Å². The number of phenols is 2. The Morgan fingerprint density at radius 3 is 1.61 bits per heavy atom. The summed E-state index contributed by atoms with van der Waals surface area (Å²) >= 11 is 16.1. The summed E-state index contributed by atoms with van der Waals surface area (Å²) in [4.78, 5) is 82.7. The first-order chi connectivity index (χ1) is 52.6. The molecule has 19 nitrogen and oxygen atoms in total. The first-order valence-electron chi connectivity index (χ1n) is 35.4. The lowest BCUT2D eigenvalue weighted by atomic mass is 9.94. The van der Waals surface area contributed by atoms with Crippen LogP contribution in [0.5, 0.6) is 34.5 Å². The van der Waals surface area contributed by atoms with E-state index in [2.05, 4.69) is 34.9 Å². The Bertz CT molecular complexity index is 5280. The van der Waals surface area contributed by atoms with Gasteiger partial charge in [0.05, 0.1) is 73.0 Å². The minimum Gasteiger partial charge on any atom is -0.507 e. The quantitative estimate of drug-likeness (QED) is 0.0571. The molecule has 8 heterocycles. The topological polar surface area (TPSA) is 210 Å². The predicted molar refractivity (Wildman–Crippen MR) is 424 cm³/mol. The molecule has 0 aliphatic carbocycles. The van der Waals surface area contributed by atoms with Crippen molar-refractivity contribution in [3.05, 3.63) is 248 Å². The highest BCUT2D eigenvalue weighted by Gasteiger charge is 2.46. The zero-order valence-electron chi connectivity index (χ0n) is 59.4. The van der Waals surface area contributed by atoms with E-state index in [1.54, 1.807) is 80.9 Å². The number of rotatable bonds is 19. The normalized spacial score (nSPS) is 18.3. The van der Waals surface area contributed by atoms with Crippen molar-refractivity contribution in [1.29, 1.82) is 0 Å². The zero-order chi connectivity index (χ0) is 74.9. The number of phenolic OH excluding ortho intramolecular Hbond substituents is 2. The average molecular weight is 1520 g/mol. The van der Waals surface area contributed by atoms with Crippen LogP contribution in [-0.2, 0) is 45.1 Å². The number of aliphatic imine (C=N–C) groups is 1. The summed E-state index contributed by atoms with van der Waals surface area (Å²) in [5.41, 5.74) is 12.7. The number of aromatic hydroxyl groups is 2. The molecule has 6 aliphatic rings. The van der Waals surface area contributed by atoms with Crippen LogP contribution in [0.2, 0.25) is 0 Å². The van der Waals surface area contributed by atoms with Crippen LogP contribution in [0.15, 0.2) is 197 Å². The summed E-state index contributed by atoms with van der Waals surface area (Å²) in [5.74, 6) is 1.80. The van der Waals surface area contributed by atoms with Crippen LogP contribution in [0, 0.1) is 0 Å². The first-order valence-corrected chi connectivity index (χ1v) is 38.4. The van der Waals surface area contributed by atoms with Gasteiger partial charge in [-0.15, -0.1) is 23.2 Å². The minimum atomic E-state index is -0.898. The summed E-state index contributed by atoms with van der Waals surface area (Å²) in [6.07, 6.45) is 7.35. The third kappa shape index (κ3) is 14.1. The van der Waals surface area contributed by atoms with Crippen molar-refractivity contribution in [3.8, 4) is 34.5 Å². The van der Waals surface area contributed by atoms with E-state index in [9.17, 15) is 34.2 Å². The summed E-state index contributed by atoms with van der Waals surface area (Å²) in [5, 5.41) is 33.2. The lowest BCUT2D eigenvalue weighted by molar-refractivity contribution is -0.118. The van der Waals surface area contributed by atoms with Crippen LogP contribution in [-0.4, -0.2) is 140 Å². The molecule has 8 aromatic carbocycles. The number of alkyl halides is 2. The number of nitrogens with zero attached hydrogens (tertiary/aromatic N) is 6. The molecule has 6 aliphatic heterocycles. The Kier molecular flexibility index (Phi) is 21.2. The monoisotopic (exact) mass is 1520 g/mol. The van der Waals surface area contributed by atoms with Gasteiger partial charge in [0.15, 0.2) is 29.2 Å². The molecule has 1 unspecified atom stereocenters. The average Bonchev–Trinajstić information content (AvgIpc) is 1.59. The van der Waals surface area contributed by atoms with Gasteiger partial charge in [-0.05, 0) is 125 Å². The van der Waals surface area contributed by atoms with Crippen molar-refractivity contribution in [2.75, 3.05) is 80.6 Å². The van der Waals surface area contributed by atoms with Crippen LogP contribution in [0.3, 0.4) is 0 Å². The van der Waals surface area contributed by atoms with Crippen molar-refractivity contribution in [1.82, 2.24) is 9.80 Å². The minimum absolute atomic E-state index is 0.0297. The van der Waals surface area contributed by atoms with E-state index in [-0.39, 0.29) is 103 Å². The summed E-state index contributed by atoms with van der Waals surface area (Å²) in [6, 6.07) is 44.1. The molecule has 0 bridgehead atoms. The smallest absolute Gasteiger partial charge is 0.416 e. The standard InChI is InChI=1S/C45H42ClN3O8S.C40H34ClN3O5S/c1-4-15-56-45(53)49-35-22-40(39(54-2)20-34(35)43(52)47-14-12-29(30-13-16-58-26-30)19-37(47)44(49)55-3)57-25-28-9-7-8-27(17-28)18-41(51)48-24-31(23-46)42-33-11-6-5-10-32(33)38(50)21-36(42)48;1-48-36-16-32-33(42-20-29-15-26(27-10-12-50-23-27)9-11-43(29)40(32)47)17-37(36)49-22-25-6-4-5-24(13-25)14-38(46)44-21-28(19-41)39-31-8-3-2-7-30(31)35(45)18-34(39)44/h4-13,16-17,20-22,26,31,37,44,50H,1,14-15,18-19,23-25H2,2-3H3;2-10,12-13,16-18,20,23,28-29,45H,11,14-15,19,21-22H2,1H3/t31-,37+,44?;28-,29+/m11/s1. The molecule has 2 N–H and O–H groups in total. The molecule has 10 aromatic rings. The van der Waals surface area contributed by atoms with E-state index in [1.807, 2.05) is 126 Å². The molecule has 5 atom stereocenters. The maximum atomic E-state index is 14.4. The van der Waals surface area contributed by atoms with Gasteiger partial charge in [0.2, 0.25) is 11.8 Å². The van der Waals surface area contributed by atoms with Crippen LogP contribution in [0.1, 0.15) is 89.9 Å². The Balaban J connectivity index is 0.000000174. The fourth-order valence-electron chi connectivity index (χ4n) is 15.6. The molecule has 23 heteroatoms. The van der Waals surface area contributed by atoms with Gasteiger partial charge in [0.25, 0.3) is 11.8 Å². The van der Waals surface area contributed by atoms with Crippen molar-refractivity contribution < 1.29 is 62.6 Å². The van der Waals surface area contributed by atoms with E-state index >= 15 is 0 Å². The molecular weight excluding hydrogens is 1450 g/mol. The fourth-order valence-corrected chi connectivity index (χ4v) is 17.5. The van der Waals surface area contributed by atoms with E-state index < -0.39 is 18.4 Å². The molecule has 0 saturated carbocycles. The van der Waals surface area contributed by atoms with Crippen molar-refractivity contribution in [2.24, 2.45) is 4.99 Å². The molecule has 108 heavy (non-hydrogen) atoms. The highest BCUT2D eigenvalue weighted by atomic mass is 35.5. The molecule has 2 aromatic heterocycles. The van der Waals surface area contributed by atoms with Crippen molar-refractivity contribution in [2.45, 2.75) is 69.0 Å². The van der Waals surface area contributed by atoms with Crippen LogP contribution in [0.25, 0.3) is 32.7 Å². The molecular formula is C85H76Cl2N6O13S2. The number of carbonyl (C=O) groups excluding carboxylic acids is 5. The van der Waals surface area contributed by atoms with Crippen LogP contribution < -0.4 is 33.6 Å². The lowest BCUT2D eigenvalue weighted by Crippen LogP contribution is -2.55. The number of anilines is 3. The number of halogens is 2. The number of hydrogen-bond donors (Lipinski definition) is 2.